The van der Waals surface area contributed by atoms with Crippen LogP contribution in [0.25, 0.3) is 0 Å². The maximum Gasteiger partial charge on any atom is 0.321 e. The fraction of sp³-hybridized carbons (Fsp3) is 0.167. The van der Waals surface area contributed by atoms with Gasteiger partial charge in [0.15, 0.2) is 0 Å². The zero-order valence-electron chi connectivity index (χ0n) is 16.6. The molecule has 0 fully saturated rings. The van der Waals surface area contributed by atoms with Crippen LogP contribution in [0.2, 0.25) is 0 Å². The molecule has 3 amide bonds. The molecule has 3 rings (SSSR count). The predicted molar refractivity (Wildman–Crippen MR) is 114 cm³/mol. The standard InChI is InChI=1S/C24H25N3O2/c1-17-13-15-20(16-14-17)21(18-9-5-3-6-10-18)26-22(19-11-7-4-8-12-19)23(28)27-24(29)25-2/h3-16,21-22,26H,1-2H3,(H2,25,27,28,29)/t21-,22-/m1/s1. The van der Waals surface area contributed by atoms with E-state index in [-0.39, 0.29) is 6.04 Å². The number of aryl methyl sites for hydroxylation is 1. The molecule has 0 radical (unpaired) electrons. The minimum Gasteiger partial charge on any atom is -0.341 e. The van der Waals surface area contributed by atoms with Crippen molar-refractivity contribution < 1.29 is 9.59 Å². The summed E-state index contributed by atoms with van der Waals surface area (Å²) >= 11 is 0. The van der Waals surface area contributed by atoms with Crippen LogP contribution in [0.5, 0.6) is 0 Å². The molecule has 148 valence electrons. The second-order valence-electron chi connectivity index (χ2n) is 6.83. The van der Waals surface area contributed by atoms with Crippen molar-refractivity contribution in [2.24, 2.45) is 0 Å². The Morgan fingerprint density at radius 1 is 0.724 bits per heavy atom. The number of nitrogens with one attached hydrogen (secondary N) is 3. The second-order valence-corrected chi connectivity index (χ2v) is 6.83. The lowest BCUT2D eigenvalue weighted by molar-refractivity contribution is -0.122. The summed E-state index contributed by atoms with van der Waals surface area (Å²) in [6.45, 7) is 2.04. The Morgan fingerprint density at radius 3 is 1.79 bits per heavy atom. The van der Waals surface area contributed by atoms with Crippen molar-refractivity contribution >= 4 is 11.9 Å². The van der Waals surface area contributed by atoms with Gasteiger partial charge in [-0.25, -0.2) is 4.79 Å². The van der Waals surface area contributed by atoms with Crippen LogP contribution in [-0.2, 0) is 4.79 Å². The van der Waals surface area contributed by atoms with E-state index in [0.29, 0.717) is 0 Å². The van der Waals surface area contributed by atoms with Gasteiger partial charge in [-0.2, -0.15) is 0 Å². The Kier molecular flexibility index (Phi) is 6.76. The first kappa shape index (κ1) is 20.3. The summed E-state index contributed by atoms with van der Waals surface area (Å²) in [6.07, 6.45) is 0. The number of hydrogen-bond donors (Lipinski definition) is 3. The number of hydrogen-bond acceptors (Lipinski definition) is 3. The molecule has 0 heterocycles. The number of benzene rings is 3. The predicted octanol–water partition coefficient (Wildman–Crippen LogP) is 3.87. The maximum absolute atomic E-state index is 12.9. The maximum atomic E-state index is 12.9. The first-order valence-corrected chi connectivity index (χ1v) is 9.53. The van der Waals surface area contributed by atoms with Crippen molar-refractivity contribution in [3.05, 3.63) is 107 Å². The van der Waals surface area contributed by atoms with Gasteiger partial charge >= 0.3 is 6.03 Å². The lowest BCUT2D eigenvalue weighted by Crippen LogP contribution is -2.45. The normalized spacial score (nSPS) is 12.6. The van der Waals surface area contributed by atoms with Crippen molar-refractivity contribution in [1.29, 1.82) is 0 Å². The summed E-state index contributed by atoms with van der Waals surface area (Å²) in [6, 6.07) is 26.1. The minimum atomic E-state index is -0.708. The summed E-state index contributed by atoms with van der Waals surface area (Å²) in [7, 11) is 1.48. The molecule has 5 nitrogen and oxygen atoms in total. The molecule has 3 aromatic rings. The summed E-state index contributed by atoms with van der Waals surface area (Å²) < 4.78 is 0. The average molecular weight is 387 g/mol. The average Bonchev–Trinajstić information content (AvgIpc) is 2.76. The SMILES string of the molecule is CNC(=O)NC(=O)[C@H](N[C@H](c1ccccc1)c1ccc(C)cc1)c1ccccc1. The summed E-state index contributed by atoms with van der Waals surface area (Å²) in [4.78, 5) is 24.7. The molecule has 2 atom stereocenters. The molecular weight excluding hydrogens is 362 g/mol. The van der Waals surface area contributed by atoms with Crippen LogP contribution in [0.1, 0.15) is 34.3 Å². The van der Waals surface area contributed by atoms with Crippen LogP contribution in [-0.4, -0.2) is 19.0 Å². The molecule has 0 spiro atoms. The van der Waals surface area contributed by atoms with Crippen LogP contribution in [0.15, 0.2) is 84.9 Å². The van der Waals surface area contributed by atoms with Crippen LogP contribution in [0, 0.1) is 6.92 Å². The zero-order valence-corrected chi connectivity index (χ0v) is 16.6. The van der Waals surface area contributed by atoms with Gasteiger partial charge in [0.1, 0.15) is 6.04 Å². The van der Waals surface area contributed by atoms with Gasteiger partial charge in [0, 0.05) is 7.05 Å². The zero-order chi connectivity index (χ0) is 20.6. The van der Waals surface area contributed by atoms with E-state index in [9.17, 15) is 9.59 Å². The molecule has 0 aliphatic carbocycles. The van der Waals surface area contributed by atoms with Gasteiger partial charge in [-0.1, -0.05) is 90.5 Å². The topological polar surface area (TPSA) is 70.2 Å². The summed E-state index contributed by atoms with van der Waals surface area (Å²) in [5, 5.41) is 8.28. The molecule has 0 aliphatic rings. The molecule has 0 bridgehead atoms. The third kappa shape index (κ3) is 5.30. The molecule has 0 aromatic heterocycles. The summed E-state index contributed by atoms with van der Waals surface area (Å²) in [5.41, 5.74) is 4.01. The van der Waals surface area contributed by atoms with E-state index in [0.717, 1.165) is 22.3 Å². The molecule has 0 saturated carbocycles. The lowest BCUT2D eigenvalue weighted by atomic mass is 9.95. The Morgan fingerprint density at radius 2 is 1.24 bits per heavy atom. The highest BCUT2D eigenvalue weighted by molar-refractivity contribution is 5.97. The van der Waals surface area contributed by atoms with Crippen LogP contribution in [0.3, 0.4) is 0 Å². The highest BCUT2D eigenvalue weighted by atomic mass is 16.2. The van der Waals surface area contributed by atoms with Crippen LogP contribution in [0.4, 0.5) is 4.79 Å². The fourth-order valence-corrected chi connectivity index (χ4v) is 3.17. The van der Waals surface area contributed by atoms with Crippen molar-refractivity contribution in [3.8, 4) is 0 Å². The van der Waals surface area contributed by atoms with E-state index < -0.39 is 18.0 Å². The van der Waals surface area contributed by atoms with E-state index in [1.54, 1.807) is 0 Å². The first-order chi connectivity index (χ1) is 14.1. The van der Waals surface area contributed by atoms with E-state index >= 15 is 0 Å². The first-order valence-electron chi connectivity index (χ1n) is 9.53. The van der Waals surface area contributed by atoms with Crippen LogP contribution < -0.4 is 16.0 Å². The van der Waals surface area contributed by atoms with Gasteiger partial charge in [0.2, 0.25) is 5.91 Å². The molecule has 3 aromatic carbocycles. The molecule has 0 saturated heterocycles. The lowest BCUT2D eigenvalue weighted by Gasteiger charge is -2.26. The number of amides is 3. The second kappa shape index (κ2) is 9.66. The highest BCUT2D eigenvalue weighted by Crippen LogP contribution is 2.26. The van der Waals surface area contributed by atoms with Crippen molar-refractivity contribution in [2.75, 3.05) is 7.05 Å². The molecule has 29 heavy (non-hydrogen) atoms. The minimum absolute atomic E-state index is 0.225. The number of imide groups is 1. The van der Waals surface area contributed by atoms with Crippen molar-refractivity contribution in [3.63, 3.8) is 0 Å². The third-order valence-electron chi connectivity index (χ3n) is 4.74. The fourth-order valence-electron chi connectivity index (χ4n) is 3.17. The van der Waals surface area contributed by atoms with E-state index in [4.69, 9.17) is 0 Å². The van der Waals surface area contributed by atoms with E-state index in [1.807, 2.05) is 67.6 Å². The van der Waals surface area contributed by atoms with Gasteiger partial charge in [0.05, 0.1) is 6.04 Å². The summed E-state index contributed by atoms with van der Waals surface area (Å²) in [5.74, 6) is -0.413. The molecule has 5 heteroatoms. The number of carbonyl (C=O) groups is 2. The van der Waals surface area contributed by atoms with Crippen molar-refractivity contribution in [1.82, 2.24) is 16.0 Å². The Labute approximate surface area is 171 Å². The smallest absolute Gasteiger partial charge is 0.321 e. The van der Waals surface area contributed by atoms with Gasteiger partial charge in [-0.3, -0.25) is 15.4 Å². The molecular formula is C24H25N3O2. The monoisotopic (exact) mass is 387 g/mol. The molecule has 0 aliphatic heterocycles. The third-order valence-corrected chi connectivity index (χ3v) is 4.74. The quantitative estimate of drug-likeness (QED) is 0.601. The van der Waals surface area contributed by atoms with Gasteiger partial charge in [0.25, 0.3) is 0 Å². The Balaban J connectivity index is 1.99. The van der Waals surface area contributed by atoms with Crippen molar-refractivity contribution in [2.45, 2.75) is 19.0 Å². The highest BCUT2D eigenvalue weighted by Gasteiger charge is 2.26. The van der Waals surface area contributed by atoms with Crippen LogP contribution >= 0.6 is 0 Å². The van der Waals surface area contributed by atoms with Gasteiger partial charge < -0.3 is 5.32 Å². The Hall–Kier alpha value is -3.44. The van der Waals surface area contributed by atoms with E-state index in [1.165, 1.54) is 7.05 Å². The molecule has 3 N–H and O–H groups in total. The van der Waals surface area contributed by atoms with Gasteiger partial charge in [-0.05, 0) is 23.6 Å². The van der Waals surface area contributed by atoms with Gasteiger partial charge in [-0.15, -0.1) is 0 Å². The molecule has 0 unspecified atom stereocenters. The largest absolute Gasteiger partial charge is 0.341 e. The Bertz CT molecular complexity index is 941. The number of carbonyl (C=O) groups excluding carboxylic acids is 2. The number of rotatable bonds is 6. The number of urea groups is 1. The van der Waals surface area contributed by atoms with E-state index in [2.05, 4.69) is 40.2 Å².